The van der Waals surface area contributed by atoms with Crippen molar-refractivity contribution < 1.29 is 22.4 Å². The minimum atomic E-state index is -3.73. The molecule has 2 aromatic carbocycles. The van der Waals surface area contributed by atoms with Crippen LogP contribution in [0.3, 0.4) is 0 Å². The van der Waals surface area contributed by atoms with Crippen molar-refractivity contribution in [1.29, 1.82) is 0 Å². The number of likely N-dealkylation sites (tertiary alicyclic amines) is 1. The quantitative estimate of drug-likeness (QED) is 0.543. The average molecular weight is 475 g/mol. The van der Waals surface area contributed by atoms with Gasteiger partial charge in [0, 0.05) is 25.2 Å². The molecule has 1 aliphatic heterocycles. The normalized spacial score (nSPS) is 17.5. The third kappa shape index (κ3) is 6.37. The van der Waals surface area contributed by atoms with Gasteiger partial charge < -0.3 is 10.6 Å². The van der Waals surface area contributed by atoms with Gasteiger partial charge >= 0.3 is 0 Å². The van der Waals surface area contributed by atoms with Crippen molar-refractivity contribution in [3.05, 3.63) is 59.9 Å². The molecule has 2 aliphatic rings. The fourth-order valence-electron chi connectivity index (χ4n) is 3.78. The summed E-state index contributed by atoms with van der Waals surface area (Å²) in [4.78, 5) is 27.0. The maximum atomic E-state index is 13.1. The van der Waals surface area contributed by atoms with E-state index in [-0.39, 0.29) is 35.3 Å². The van der Waals surface area contributed by atoms with Gasteiger partial charge in [-0.05, 0) is 62.1 Å². The first-order valence-corrected chi connectivity index (χ1v) is 12.5. The Morgan fingerprint density at radius 3 is 2.27 bits per heavy atom. The number of hydrogen-bond acceptors (Lipinski definition) is 5. The molecule has 33 heavy (non-hydrogen) atoms. The van der Waals surface area contributed by atoms with Crippen molar-refractivity contribution in [3.8, 4) is 0 Å². The summed E-state index contributed by atoms with van der Waals surface area (Å²) in [5, 5.41) is 5.75. The number of carbonyl (C=O) groups is 2. The van der Waals surface area contributed by atoms with E-state index in [1.54, 1.807) is 24.3 Å². The summed E-state index contributed by atoms with van der Waals surface area (Å²) in [5.41, 5.74) is 0.911. The van der Waals surface area contributed by atoms with E-state index < -0.39 is 15.8 Å². The van der Waals surface area contributed by atoms with Crippen LogP contribution >= 0.6 is 0 Å². The van der Waals surface area contributed by atoms with Crippen LogP contribution in [-0.2, 0) is 14.8 Å². The van der Waals surface area contributed by atoms with E-state index in [0.29, 0.717) is 37.2 Å². The Bertz CT molecular complexity index is 1110. The number of amides is 2. The van der Waals surface area contributed by atoms with Crippen molar-refractivity contribution >= 4 is 27.5 Å². The van der Waals surface area contributed by atoms with Gasteiger partial charge in [0.25, 0.3) is 5.91 Å². The zero-order valence-corrected chi connectivity index (χ0v) is 18.9. The summed E-state index contributed by atoms with van der Waals surface area (Å²) in [6.45, 7) is 1.25. The van der Waals surface area contributed by atoms with Gasteiger partial charge in [0.05, 0.1) is 22.7 Å². The molecule has 0 spiro atoms. The zero-order valence-electron chi connectivity index (χ0n) is 18.1. The van der Waals surface area contributed by atoms with E-state index in [1.807, 2.05) is 4.90 Å². The molecule has 1 aliphatic carbocycles. The SMILES string of the molecule is O=C(CN1CCC(NS(=O)(=O)c2ccc(F)cc2)CC1)Nc1ccccc1C(=O)NC1CC1. The van der Waals surface area contributed by atoms with Crippen molar-refractivity contribution in [3.63, 3.8) is 0 Å². The highest BCUT2D eigenvalue weighted by atomic mass is 32.2. The third-order valence-electron chi connectivity index (χ3n) is 5.76. The Balaban J connectivity index is 1.27. The second-order valence-corrected chi connectivity index (χ2v) is 10.2. The summed E-state index contributed by atoms with van der Waals surface area (Å²) in [6, 6.07) is 11.6. The fraction of sp³-hybridized carbons (Fsp3) is 0.391. The van der Waals surface area contributed by atoms with Crippen molar-refractivity contribution in [2.24, 2.45) is 0 Å². The molecule has 0 radical (unpaired) electrons. The van der Waals surface area contributed by atoms with E-state index >= 15 is 0 Å². The molecule has 2 aromatic rings. The molecular weight excluding hydrogens is 447 g/mol. The summed E-state index contributed by atoms with van der Waals surface area (Å²) in [7, 11) is -3.73. The Hall–Kier alpha value is -2.82. The molecule has 176 valence electrons. The molecule has 2 amide bonds. The van der Waals surface area contributed by atoms with Crippen LogP contribution in [0.4, 0.5) is 10.1 Å². The number of nitrogens with zero attached hydrogens (tertiary/aromatic N) is 1. The number of para-hydroxylation sites is 1. The molecule has 0 bridgehead atoms. The molecule has 1 saturated carbocycles. The monoisotopic (exact) mass is 474 g/mol. The average Bonchev–Trinajstić information content (AvgIpc) is 3.59. The first kappa shape index (κ1) is 23.3. The molecule has 1 heterocycles. The molecule has 0 aromatic heterocycles. The van der Waals surface area contributed by atoms with Crippen LogP contribution < -0.4 is 15.4 Å². The van der Waals surface area contributed by atoms with Crippen LogP contribution in [0.2, 0.25) is 0 Å². The minimum absolute atomic E-state index is 0.0232. The maximum absolute atomic E-state index is 13.1. The number of nitrogens with one attached hydrogen (secondary N) is 3. The minimum Gasteiger partial charge on any atom is -0.349 e. The molecule has 2 fully saturated rings. The van der Waals surface area contributed by atoms with E-state index in [0.717, 1.165) is 25.0 Å². The van der Waals surface area contributed by atoms with Gasteiger partial charge in [-0.1, -0.05) is 12.1 Å². The predicted octanol–water partition coefficient (Wildman–Crippen LogP) is 2.10. The number of sulfonamides is 1. The highest BCUT2D eigenvalue weighted by molar-refractivity contribution is 7.89. The fourth-order valence-corrected chi connectivity index (χ4v) is 5.09. The molecule has 0 atom stereocenters. The van der Waals surface area contributed by atoms with Gasteiger partial charge in [-0.15, -0.1) is 0 Å². The second kappa shape index (κ2) is 9.98. The highest BCUT2D eigenvalue weighted by Crippen LogP contribution is 2.22. The molecule has 8 nitrogen and oxygen atoms in total. The zero-order chi connectivity index (χ0) is 23.4. The van der Waals surface area contributed by atoms with Gasteiger partial charge in [0.1, 0.15) is 5.82 Å². The topological polar surface area (TPSA) is 108 Å². The van der Waals surface area contributed by atoms with Gasteiger partial charge in [-0.25, -0.2) is 17.5 Å². The summed E-state index contributed by atoms with van der Waals surface area (Å²) in [6.07, 6.45) is 3.06. The van der Waals surface area contributed by atoms with Crippen molar-refractivity contribution in [2.75, 3.05) is 25.0 Å². The Morgan fingerprint density at radius 2 is 1.61 bits per heavy atom. The molecule has 1 saturated heterocycles. The van der Waals surface area contributed by atoms with Crippen LogP contribution in [0.15, 0.2) is 53.4 Å². The molecule has 4 rings (SSSR count). The standard InChI is InChI=1S/C23H27FN4O4S/c24-16-5-9-19(10-6-16)33(31,32)27-18-11-13-28(14-12-18)15-22(29)26-21-4-2-1-3-20(21)23(30)25-17-7-8-17/h1-6,9-10,17-18,27H,7-8,11-15H2,(H,25,30)(H,26,29). The van der Waals surface area contributed by atoms with Crippen molar-refractivity contribution in [1.82, 2.24) is 14.9 Å². The lowest BCUT2D eigenvalue weighted by molar-refractivity contribution is -0.117. The smallest absolute Gasteiger partial charge is 0.253 e. The molecule has 10 heteroatoms. The highest BCUT2D eigenvalue weighted by Gasteiger charge is 2.27. The van der Waals surface area contributed by atoms with Crippen LogP contribution in [0.5, 0.6) is 0 Å². The van der Waals surface area contributed by atoms with E-state index in [4.69, 9.17) is 0 Å². The molecular formula is C23H27FN4O4S. The van der Waals surface area contributed by atoms with Gasteiger partial charge in [0.15, 0.2) is 0 Å². The molecule has 3 N–H and O–H groups in total. The number of anilines is 1. The Kier molecular flexibility index (Phi) is 7.06. The van der Waals surface area contributed by atoms with E-state index in [9.17, 15) is 22.4 Å². The third-order valence-corrected chi connectivity index (χ3v) is 7.30. The first-order chi connectivity index (χ1) is 15.8. The number of rotatable bonds is 8. The number of hydrogen-bond donors (Lipinski definition) is 3. The van der Waals surface area contributed by atoms with E-state index in [2.05, 4.69) is 15.4 Å². The summed E-state index contributed by atoms with van der Waals surface area (Å²) >= 11 is 0. The largest absolute Gasteiger partial charge is 0.349 e. The van der Waals surface area contributed by atoms with Crippen molar-refractivity contribution in [2.45, 2.75) is 42.7 Å². The second-order valence-electron chi connectivity index (χ2n) is 8.47. The maximum Gasteiger partial charge on any atom is 0.253 e. The van der Waals surface area contributed by atoms with E-state index in [1.165, 1.54) is 12.1 Å². The lowest BCUT2D eigenvalue weighted by Gasteiger charge is -2.31. The number of benzene rings is 2. The van der Waals surface area contributed by atoms with Gasteiger partial charge in [-0.3, -0.25) is 14.5 Å². The summed E-state index contributed by atoms with van der Waals surface area (Å²) < 4.78 is 40.7. The molecule has 0 unspecified atom stereocenters. The lowest BCUT2D eigenvalue weighted by Crippen LogP contribution is -2.46. The number of piperidine rings is 1. The Labute approximate surface area is 192 Å². The number of halogens is 1. The van der Waals surface area contributed by atoms with Gasteiger partial charge in [0.2, 0.25) is 15.9 Å². The summed E-state index contributed by atoms with van der Waals surface area (Å²) in [5.74, 6) is -0.915. The number of carbonyl (C=O) groups excluding carboxylic acids is 2. The van der Waals surface area contributed by atoms with Crippen LogP contribution in [-0.4, -0.2) is 56.9 Å². The van der Waals surface area contributed by atoms with Crippen LogP contribution in [0.25, 0.3) is 0 Å². The van der Waals surface area contributed by atoms with Gasteiger partial charge in [-0.2, -0.15) is 0 Å². The van der Waals surface area contributed by atoms with Crippen LogP contribution in [0.1, 0.15) is 36.0 Å². The predicted molar refractivity (Wildman–Crippen MR) is 122 cm³/mol. The van der Waals surface area contributed by atoms with Crippen LogP contribution in [0, 0.1) is 5.82 Å². The lowest BCUT2D eigenvalue weighted by atomic mass is 10.1. The Morgan fingerprint density at radius 1 is 0.939 bits per heavy atom. The first-order valence-electron chi connectivity index (χ1n) is 11.0.